The lowest BCUT2D eigenvalue weighted by atomic mass is 10.1. The van der Waals surface area contributed by atoms with E-state index in [0.29, 0.717) is 6.54 Å². The van der Waals surface area contributed by atoms with Crippen LogP contribution in [0.25, 0.3) is 11.3 Å². The third kappa shape index (κ3) is 1.93. The molecule has 0 spiro atoms. The van der Waals surface area contributed by atoms with Crippen LogP contribution in [-0.4, -0.2) is 22.3 Å². The molecular weight excluding hydrogens is 262 g/mol. The van der Waals surface area contributed by atoms with Gasteiger partial charge in [0.1, 0.15) is 0 Å². The molecule has 98 valence electrons. The van der Waals surface area contributed by atoms with E-state index in [1.54, 1.807) is 11.8 Å². The number of aromatic amines is 2. The quantitative estimate of drug-likeness (QED) is 0.723. The molecule has 1 atom stereocenters. The molecule has 0 bridgehead atoms. The summed E-state index contributed by atoms with van der Waals surface area (Å²) in [5, 5.41) is 0.0271. The number of hydrogen-bond acceptors (Lipinski definition) is 4. The molecule has 0 radical (unpaired) electrons. The minimum Gasteiger partial charge on any atom is -0.330 e. The fourth-order valence-electron chi connectivity index (χ4n) is 2.36. The van der Waals surface area contributed by atoms with Crippen molar-refractivity contribution in [1.29, 1.82) is 0 Å². The van der Waals surface area contributed by atoms with E-state index in [9.17, 15) is 9.59 Å². The normalized spacial score (nSPS) is 16.2. The van der Waals surface area contributed by atoms with Crippen molar-refractivity contribution in [2.24, 2.45) is 5.73 Å². The average Bonchev–Trinajstić information content (AvgIpc) is 2.71. The zero-order chi connectivity index (χ0) is 13.4. The van der Waals surface area contributed by atoms with Crippen molar-refractivity contribution in [2.45, 2.75) is 5.25 Å². The summed E-state index contributed by atoms with van der Waals surface area (Å²) >= 11 is 1.67. The predicted octanol–water partition coefficient (Wildman–Crippen LogP) is 0.825. The number of nitrogens with one attached hydrogen (secondary N) is 2. The van der Waals surface area contributed by atoms with E-state index in [0.717, 1.165) is 28.3 Å². The Morgan fingerprint density at radius 2 is 1.89 bits per heavy atom. The van der Waals surface area contributed by atoms with E-state index in [4.69, 9.17) is 5.73 Å². The fourth-order valence-corrected chi connectivity index (χ4v) is 3.46. The highest BCUT2D eigenvalue weighted by molar-refractivity contribution is 7.99. The molecule has 0 fully saturated rings. The maximum absolute atomic E-state index is 11.5. The predicted molar refractivity (Wildman–Crippen MR) is 76.5 cm³/mol. The summed E-state index contributed by atoms with van der Waals surface area (Å²) in [5.41, 5.74) is 7.89. The van der Waals surface area contributed by atoms with Crippen LogP contribution in [0.2, 0.25) is 0 Å². The lowest BCUT2D eigenvalue weighted by Gasteiger charge is -2.11. The first-order valence-corrected chi connectivity index (χ1v) is 7.04. The Kier molecular flexibility index (Phi) is 3.04. The highest BCUT2D eigenvalue weighted by Gasteiger charge is 2.30. The molecule has 0 saturated heterocycles. The van der Waals surface area contributed by atoms with Crippen LogP contribution in [0.4, 0.5) is 0 Å². The van der Waals surface area contributed by atoms with Crippen molar-refractivity contribution in [3.05, 3.63) is 56.2 Å². The fraction of sp³-hybridized carbons (Fsp3) is 0.231. The summed E-state index contributed by atoms with van der Waals surface area (Å²) in [6, 6.07) is 7.84. The molecule has 0 saturated carbocycles. The lowest BCUT2D eigenvalue weighted by molar-refractivity contribution is 0.997. The van der Waals surface area contributed by atoms with Gasteiger partial charge in [-0.3, -0.25) is 9.59 Å². The molecule has 5 nitrogen and oxygen atoms in total. The van der Waals surface area contributed by atoms with Gasteiger partial charge in [-0.05, 0) is 5.56 Å². The van der Waals surface area contributed by atoms with Crippen LogP contribution in [0.1, 0.15) is 16.5 Å². The minimum absolute atomic E-state index is 0.0271. The van der Waals surface area contributed by atoms with E-state index in [2.05, 4.69) is 9.97 Å². The minimum atomic E-state index is -0.613. The topological polar surface area (TPSA) is 91.7 Å². The van der Waals surface area contributed by atoms with Crippen molar-refractivity contribution in [1.82, 2.24) is 9.97 Å². The van der Waals surface area contributed by atoms with E-state index < -0.39 is 11.1 Å². The van der Waals surface area contributed by atoms with Gasteiger partial charge in [-0.25, -0.2) is 0 Å². The van der Waals surface area contributed by atoms with Crippen LogP contribution < -0.4 is 16.9 Å². The van der Waals surface area contributed by atoms with Gasteiger partial charge in [-0.1, -0.05) is 24.3 Å². The molecule has 6 heteroatoms. The maximum atomic E-state index is 11.5. The Hall–Kier alpha value is -1.79. The van der Waals surface area contributed by atoms with Gasteiger partial charge in [0.25, 0.3) is 0 Å². The number of rotatable bonds is 3. The van der Waals surface area contributed by atoms with Gasteiger partial charge in [0, 0.05) is 17.9 Å². The summed E-state index contributed by atoms with van der Waals surface area (Å²) in [4.78, 5) is 28.4. The summed E-state index contributed by atoms with van der Waals surface area (Å²) in [7, 11) is 0. The van der Waals surface area contributed by atoms with Gasteiger partial charge in [0.2, 0.25) is 0 Å². The number of nitrogens with two attached hydrogens (primary N) is 1. The Labute approximate surface area is 113 Å². The van der Waals surface area contributed by atoms with Crippen LogP contribution >= 0.6 is 11.8 Å². The molecule has 1 aromatic carbocycles. The smallest absolute Gasteiger partial charge is 0.314 e. The first kappa shape index (κ1) is 12.3. The van der Waals surface area contributed by atoms with E-state index in [1.165, 1.54) is 0 Å². The first-order chi connectivity index (χ1) is 9.22. The Bertz CT molecular complexity index is 735. The molecule has 1 aliphatic rings. The van der Waals surface area contributed by atoms with Crippen molar-refractivity contribution in [3.8, 4) is 11.3 Å². The summed E-state index contributed by atoms with van der Waals surface area (Å²) in [5.74, 6) is 0.791. The van der Waals surface area contributed by atoms with Gasteiger partial charge in [0.15, 0.2) is 0 Å². The summed E-state index contributed by atoms with van der Waals surface area (Å²) in [6.45, 7) is 0.576. The number of aromatic nitrogens is 2. The van der Waals surface area contributed by atoms with Crippen molar-refractivity contribution < 1.29 is 0 Å². The third-order valence-electron chi connectivity index (χ3n) is 3.14. The second-order valence-corrected chi connectivity index (χ2v) is 5.54. The van der Waals surface area contributed by atoms with Crippen LogP contribution in [-0.2, 0) is 0 Å². The Morgan fingerprint density at radius 1 is 1.16 bits per heavy atom. The van der Waals surface area contributed by atoms with E-state index in [1.807, 2.05) is 24.3 Å². The monoisotopic (exact) mass is 275 g/mol. The van der Waals surface area contributed by atoms with Gasteiger partial charge >= 0.3 is 11.1 Å². The number of thioether (sulfide) groups is 1. The van der Waals surface area contributed by atoms with Crippen LogP contribution in [0.15, 0.2) is 33.9 Å². The van der Waals surface area contributed by atoms with Crippen LogP contribution in [0, 0.1) is 0 Å². The zero-order valence-corrected chi connectivity index (χ0v) is 10.9. The molecule has 1 aromatic heterocycles. The second-order valence-electron chi connectivity index (χ2n) is 4.32. The maximum Gasteiger partial charge on any atom is 0.314 e. The SMILES string of the molecule is NCCSC1c2ccccc2-c2[nH]c(=O)c(=O)[nH]c21. The molecule has 1 unspecified atom stereocenters. The molecule has 2 aromatic rings. The van der Waals surface area contributed by atoms with Gasteiger partial charge in [-0.2, -0.15) is 0 Å². The van der Waals surface area contributed by atoms with Crippen molar-refractivity contribution in [2.75, 3.05) is 12.3 Å². The number of H-pyrrole nitrogens is 2. The highest BCUT2D eigenvalue weighted by atomic mass is 32.2. The molecule has 3 rings (SSSR count). The Morgan fingerprint density at radius 3 is 2.68 bits per heavy atom. The largest absolute Gasteiger partial charge is 0.330 e. The van der Waals surface area contributed by atoms with Gasteiger partial charge in [0.05, 0.1) is 16.6 Å². The van der Waals surface area contributed by atoms with E-state index >= 15 is 0 Å². The molecule has 4 N–H and O–H groups in total. The van der Waals surface area contributed by atoms with Gasteiger partial charge in [-0.15, -0.1) is 11.8 Å². The molecular formula is C13H13N3O2S. The number of benzene rings is 1. The molecule has 1 aliphatic carbocycles. The van der Waals surface area contributed by atoms with E-state index in [-0.39, 0.29) is 5.25 Å². The Balaban J connectivity index is 2.21. The molecule has 0 aliphatic heterocycles. The first-order valence-electron chi connectivity index (χ1n) is 6.00. The molecule has 1 heterocycles. The molecule has 0 amide bonds. The zero-order valence-electron chi connectivity index (χ0n) is 10.1. The molecule has 19 heavy (non-hydrogen) atoms. The average molecular weight is 275 g/mol. The summed E-state index contributed by atoms with van der Waals surface area (Å²) < 4.78 is 0. The number of fused-ring (bicyclic) bond motifs is 3. The van der Waals surface area contributed by atoms with Crippen molar-refractivity contribution in [3.63, 3.8) is 0 Å². The second kappa shape index (κ2) is 4.71. The summed E-state index contributed by atoms with van der Waals surface area (Å²) in [6.07, 6.45) is 0. The third-order valence-corrected chi connectivity index (χ3v) is 4.43. The lowest BCUT2D eigenvalue weighted by Crippen LogP contribution is -2.30. The van der Waals surface area contributed by atoms with Crippen LogP contribution in [0.3, 0.4) is 0 Å². The van der Waals surface area contributed by atoms with Gasteiger partial charge < -0.3 is 15.7 Å². The van der Waals surface area contributed by atoms with Crippen LogP contribution in [0.5, 0.6) is 0 Å². The van der Waals surface area contributed by atoms with Crippen molar-refractivity contribution >= 4 is 11.8 Å². The highest BCUT2D eigenvalue weighted by Crippen LogP contribution is 2.47. The standard InChI is InChI=1S/C13H13N3O2S/c14-5-6-19-11-8-4-2-1-3-7(8)9-10(11)16-13(18)12(17)15-9/h1-4,11H,5-6,14H2,(H,15,17)(H,16,18). The number of hydrogen-bond donors (Lipinski definition) is 3.